The number of hydrogen-bond acceptors (Lipinski definition) is 5. The van der Waals surface area contributed by atoms with Crippen molar-refractivity contribution in [3.63, 3.8) is 0 Å². The van der Waals surface area contributed by atoms with Crippen molar-refractivity contribution < 1.29 is 17.9 Å². The Bertz CT molecular complexity index is 647. The lowest BCUT2D eigenvalue weighted by atomic mass is 10.1. The first-order chi connectivity index (χ1) is 9.77. The number of carbonyl (C=O) groups excluding carboxylic acids is 1. The van der Waals surface area contributed by atoms with Crippen LogP contribution in [0.25, 0.3) is 0 Å². The molecule has 0 spiro atoms. The van der Waals surface area contributed by atoms with Crippen LogP contribution in [0.3, 0.4) is 0 Å². The Labute approximate surface area is 124 Å². The third-order valence-corrected chi connectivity index (χ3v) is 5.84. The maximum atomic E-state index is 12.7. The fourth-order valence-electron chi connectivity index (χ4n) is 2.40. The number of esters is 1. The summed E-state index contributed by atoms with van der Waals surface area (Å²) in [6, 6.07) is 4.37. The molecular formula is C14H20N2O4S. The number of hydrogen-bond donors (Lipinski definition) is 1. The van der Waals surface area contributed by atoms with Gasteiger partial charge in [0.25, 0.3) is 0 Å². The average Bonchev–Trinajstić information content (AvgIpc) is 2.79. The molecule has 1 heterocycles. The highest BCUT2D eigenvalue weighted by Gasteiger charge is 2.36. The van der Waals surface area contributed by atoms with E-state index < -0.39 is 16.0 Å². The van der Waals surface area contributed by atoms with Gasteiger partial charge in [0.05, 0.1) is 17.6 Å². The minimum atomic E-state index is -3.65. The third kappa shape index (κ3) is 2.95. The molecule has 1 aromatic rings. The summed E-state index contributed by atoms with van der Waals surface area (Å²) in [5, 5.41) is 0. The maximum Gasteiger partial charge on any atom is 0.337 e. The number of benzene rings is 1. The molecule has 0 bridgehead atoms. The van der Waals surface area contributed by atoms with Crippen LogP contribution >= 0.6 is 0 Å². The summed E-state index contributed by atoms with van der Waals surface area (Å²) in [6.07, 6.45) is 0. The van der Waals surface area contributed by atoms with E-state index in [0.29, 0.717) is 18.7 Å². The van der Waals surface area contributed by atoms with Crippen molar-refractivity contribution in [2.75, 3.05) is 20.2 Å². The minimum absolute atomic E-state index is 0.115. The molecule has 0 saturated carbocycles. The zero-order valence-corrected chi connectivity index (χ0v) is 13.2. The summed E-state index contributed by atoms with van der Waals surface area (Å²) in [4.78, 5) is 11.7. The number of carbonyl (C=O) groups is 1. The molecule has 2 rings (SSSR count). The van der Waals surface area contributed by atoms with Gasteiger partial charge < -0.3 is 10.5 Å². The second-order valence-electron chi connectivity index (χ2n) is 5.44. The number of methoxy groups -OCH3 is 1. The van der Waals surface area contributed by atoms with Crippen LogP contribution in [0.1, 0.15) is 22.8 Å². The van der Waals surface area contributed by atoms with E-state index in [1.165, 1.54) is 17.5 Å². The molecule has 116 valence electrons. The molecule has 1 aromatic carbocycles. The molecule has 1 aliphatic heterocycles. The van der Waals surface area contributed by atoms with E-state index >= 15 is 0 Å². The quantitative estimate of drug-likeness (QED) is 0.832. The fraction of sp³-hybridized carbons (Fsp3) is 0.500. The van der Waals surface area contributed by atoms with E-state index in [1.54, 1.807) is 19.1 Å². The summed E-state index contributed by atoms with van der Waals surface area (Å²) < 4.78 is 31.5. The predicted octanol–water partition coefficient (Wildman–Crippen LogP) is 0.749. The molecular weight excluding hydrogens is 292 g/mol. The Hall–Kier alpha value is -1.44. The molecule has 6 nitrogen and oxygen atoms in total. The molecule has 0 amide bonds. The van der Waals surface area contributed by atoms with Gasteiger partial charge in [-0.05, 0) is 30.5 Å². The van der Waals surface area contributed by atoms with Crippen LogP contribution in [0.4, 0.5) is 0 Å². The topological polar surface area (TPSA) is 89.7 Å². The largest absolute Gasteiger partial charge is 0.465 e. The van der Waals surface area contributed by atoms with Gasteiger partial charge in [0.2, 0.25) is 10.0 Å². The SMILES string of the molecule is COC(=O)c1ccc(C)c(S(=O)(=O)N2CC(C)C(N)C2)c1. The highest BCUT2D eigenvalue weighted by molar-refractivity contribution is 7.89. The normalized spacial score (nSPS) is 23.2. The van der Waals surface area contributed by atoms with Crippen molar-refractivity contribution in [2.24, 2.45) is 11.7 Å². The highest BCUT2D eigenvalue weighted by atomic mass is 32.2. The van der Waals surface area contributed by atoms with Crippen molar-refractivity contribution in [1.29, 1.82) is 0 Å². The van der Waals surface area contributed by atoms with E-state index in [-0.39, 0.29) is 22.4 Å². The van der Waals surface area contributed by atoms with E-state index in [1.807, 2.05) is 6.92 Å². The van der Waals surface area contributed by atoms with Crippen LogP contribution in [0, 0.1) is 12.8 Å². The maximum absolute atomic E-state index is 12.7. The number of nitrogens with zero attached hydrogens (tertiary/aromatic N) is 1. The Morgan fingerprint density at radius 1 is 1.38 bits per heavy atom. The first kappa shape index (κ1) is 15.9. The molecule has 2 atom stereocenters. The number of ether oxygens (including phenoxy) is 1. The Balaban J connectivity index is 2.43. The molecule has 2 N–H and O–H groups in total. The van der Waals surface area contributed by atoms with Crippen LogP contribution in [0.15, 0.2) is 23.1 Å². The lowest BCUT2D eigenvalue weighted by Gasteiger charge is -2.18. The molecule has 0 radical (unpaired) electrons. The Morgan fingerprint density at radius 2 is 2.05 bits per heavy atom. The molecule has 2 unspecified atom stereocenters. The van der Waals surface area contributed by atoms with Gasteiger partial charge in [-0.3, -0.25) is 0 Å². The van der Waals surface area contributed by atoms with Crippen LogP contribution in [0.2, 0.25) is 0 Å². The molecule has 1 aliphatic rings. The van der Waals surface area contributed by atoms with Gasteiger partial charge in [0.15, 0.2) is 0 Å². The monoisotopic (exact) mass is 312 g/mol. The molecule has 1 fully saturated rings. The zero-order chi connectivity index (χ0) is 15.8. The molecule has 0 aromatic heterocycles. The van der Waals surface area contributed by atoms with Crippen molar-refractivity contribution in [2.45, 2.75) is 24.8 Å². The first-order valence-electron chi connectivity index (χ1n) is 6.72. The van der Waals surface area contributed by atoms with Crippen LogP contribution in [0.5, 0.6) is 0 Å². The van der Waals surface area contributed by atoms with Gasteiger partial charge in [-0.2, -0.15) is 4.31 Å². The summed E-state index contributed by atoms with van der Waals surface area (Å²) in [6.45, 7) is 4.32. The first-order valence-corrected chi connectivity index (χ1v) is 8.16. The molecule has 1 saturated heterocycles. The summed E-state index contributed by atoms with van der Waals surface area (Å²) in [5.74, 6) is -0.443. The van der Waals surface area contributed by atoms with Crippen LogP contribution < -0.4 is 5.73 Å². The zero-order valence-electron chi connectivity index (χ0n) is 12.4. The van der Waals surface area contributed by atoms with Crippen LogP contribution in [-0.2, 0) is 14.8 Å². The van der Waals surface area contributed by atoms with Gasteiger partial charge >= 0.3 is 5.97 Å². The number of rotatable bonds is 3. The summed E-state index contributed by atoms with van der Waals surface area (Å²) in [5.41, 5.74) is 6.71. The standard InChI is InChI=1S/C14H20N2O4S/c1-9-4-5-11(14(17)20-3)6-13(9)21(18,19)16-7-10(2)12(15)8-16/h4-6,10,12H,7-8,15H2,1-3H3. The van der Waals surface area contributed by atoms with Gasteiger partial charge in [0, 0.05) is 19.1 Å². The third-order valence-electron chi connectivity index (χ3n) is 3.86. The van der Waals surface area contributed by atoms with E-state index in [2.05, 4.69) is 4.74 Å². The van der Waals surface area contributed by atoms with Gasteiger partial charge in [-0.1, -0.05) is 13.0 Å². The second kappa shape index (κ2) is 5.75. The van der Waals surface area contributed by atoms with Crippen molar-refractivity contribution in [3.05, 3.63) is 29.3 Å². The predicted molar refractivity (Wildman–Crippen MR) is 78.4 cm³/mol. The minimum Gasteiger partial charge on any atom is -0.465 e. The lowest BCUT2D eigenvalue weighted by Crippen LogP contribution is -2.32. The molecule has 7 heteroatoms. The fourth-order valence-corrected chi connectivity index (χ4v) is 4.23. The van der Waals surface area contributed by atoms with Crippen LogP contribution in [-0.4, -0.2) is 44.9 Å². The highest BCUT2D eigenvalue weighted by Crippen LogP contribution is 2.26. The number of nitrogens with two attached hydrogens (primary N) is 1. The van der Waals surface area contributed by atoms with Gasteiger partial charge in [-0.25, -0.2) is 13.2 Å². The summed E-state index contributed by atoms with van der Waals surface area (Å²) in [7, 11) is -2.39. The van der Waals surface area contributed by atoms with E-state index in [4.69, 9.17) is 5.73 Å². The average molecular weight is 312 g/mol. The Kier molecular flexibility index (Phi) is 4.36. The van der Waals surface area contributed by atoms with Crippen molar-refractivity contribution in [1.82, 2.24) is 4.31 Å². The molecule has 21 heavy (non-hydrogen) atoms. The van der Waals surface area contributed by atoms with Gasteiger partial charge in [-0.15, -0.1) is 0 Å². The number of aryl methyl sites for hydroxylation is 1. The second-order valence-corrected chi connectivity index (χ2v) is 7.34. The van der Waals surface area contributed by atoms with E-state index in [0.717, 1.165) is 0 Å². The lowest BCUT2D eigenvalue weighted by molar-refractivity contribution is 0.0600. The Morgan fingerprint density at radius 3 is 2.57 bits per heavy atom. The van der Waals surface area contributed by atoms with Crippen molar-refractivity contribution in [3.8, 4) is 0 Å². The number of sulfonamides is 1. The smallest absolute Gasteiger partial charge is 0.337 e. The van der Waals surface area contributed by atoms with E-state index in [9.17, 15) is 13.2 Å². The van der Waals surface area contributed by atoms with Crippen molar-refractivity contribution >= 4 is 16.0 Å². The van der Waals surface area contributed by atoms with Gasteiger partial charge in [0.1, 0.15) is 0 Å². The molecule has 0 aliphatic carbocycles. The summed E-state index contributed by atoms with van der Waals surface area (Å²) >= 11 is 0.